The molecule has 3 heterocycles. The van der Waals surface area contributed by atoms with Crippen molar-refractivity contribution in [3.63, 3.8) is 0 Å². The number of methoxy groups -OCH3 is 1. The molecule has 1 aliphatic heterocycles. The minimum Gasteiger partial charge on any atom is -0.504 e. The van der Waals surface area contributed by atoms with Crippen molar-refractivity contribution in [2.45, 2.75) is 31.5 Å². The zero-order valence-corrected chi connectivity index (χ0v) is 26.0. The van der Waals surface area contributed by atoms with E-state index in [9.17, 15) is 14.3 Å². The van der Waals surface area contributed by atoms with Crippen LogP contribution in [0.1, 0.15) is 24.0 Å². The Labute approximate surface area is 275 Å². The zero-order chi connectivity index (χ0) is 33.4. The van der Waals surface area contributed by atoms with E-state index in [2.05, 4.69) is 15.1 Å². The molecule has 1 saturated carbocycles. The topological polar surface area (TPSA) is 129 Å². The van der Waals surface area contributed by atoms with Crippen LogP contribution in [0.3, 0.4) is 0 Å². The number of hydrogen-bond donors (Lipinski definition) is 4. The van der Waals surface area contributed by atoms with Gasteiger partial charge in [-0.1, -0.05) is 42.5 Å². The van der Waals surface area contributed by atoms with Gasteiger partial charge in [-0.05, 0) is 59.7 Å². The van der Waals surface area contributed by atoms with E-state index < -0.39 is 11.7 Å². The maximum atomic E-state index is 15.0. The van der Waals surface area contributed by atoms with Crippen molar-refractivity contribution in [3.8, 4) is 33.9 Å². The highest BCUT2D eigenvalue weighted by atomic mass is 19.1. The summed E-state index contributed by atoms with van der Waals surface area (Å²) in [6.45, 7) is 8.79. The third-order valence-corrected chi connectivity index (χ3v) is 9.22. The maximum Gasteiger partial charge on any atom is 0.267 e. The Morgan fingerprint density at radius 3 is 2.65 bits per heavy atom. The summed E-state index contributed by atoms with van der Waals surface area (Å²) >= 11 is 0. The first-order valence-electron chi connectivity index (χ1n) is 15.5. The van der Waals surface area contributed by atoms with E-state index in [0.29, 0.717) is 58.2 Å². The molecule has 2 fully saturated rings. The normalized spacial score (nSPS) is 18.5. The smallest absolute Gasteiger partial charge is 0.267 e. The second-order valence-electron chi connectivity index (χ2n) is 12.0. The van der Waals surface area contributed by atoms with Crippen molar-refractivity contribution in [1.29, 1.82) is 0 Å². The van der Waals surface area contributed by atoms with Crippen LogP contribution in [0.4, 0.5) is 16.0 Å². The number of halogens is 1. The molecule has 1 saturated heterocycles. The number of aromatic hydroxyl groups is 1. The van der Waals surface area contributed by atoms with Crippen molar-refractivity contribution in [2.75, 3.05) is 18.6 Å². The Bertz CT molecular complexity index is 2090. The van der Waals surface area contributed by atoms with E-state index in [4.69, 9.17) is 26.5 Å². The summed E-state index contributed by atoms with van der Waals surface area (Å²) in [7, 11) is 1.48. The molecule has 11 nitrogen and oxygen atoms in total. The van der Waals surface area contributed by atoms with Gasteiger partial charge in [0.1, 0.15) is 11.5 Å². The number of aromatic nitrogens is 3. The molecule has 5 aromatic rings. The fourth-order valence-electron chi connectivity index (χ4n) is 6.89. The number of hydroxylamine groups is 1. The number of ether oxygens (including phenoxy) is 1. The Morgan fingerprint density at radius 2 is 1.96 bits per heavy atom. The van der Waals surface area contributed by atoms with Crippen molar-refractivity contribution in [2.24, 2.45) is 5.92 Å². The largest absolute Gasteiger partial charge is 0.504 e. The summed E-state index contributed by atoms with van der Waals surface area (Å²) in [5, 5.41) is 23.0. The molecule has 7 rings (SSSR count). The van der Waals surface area contributed by atoms with Gasteiger partial charge >= 0.3 is 0 Å². The Kier molecular flexibility index (Phi) is 8.22. The highest BCUT2D eigenvalue weighted by Gasteiger charge is 2.45. The number of benzene rings is 3. The molecule has 4 N–H and O–H groups in total. The van der Waals surface area contributed by atoms with E-state index in [1.54, 1.807) is 36.0 Å². The lowest BCUT2D eigenvalue weighted by Crippen LogP contribution is -2.44. The monoisotopic (exact) mass is 645 g/mol. The van der Waals surface area contributed by atoms with Crippen molar-refractivity contribution >= 4 is 29.3 Å². The number of carbonyl (C=O) groups is 1. The third kappa shape index (κ3) is 5.70. The summed E-state index contributed by atoms with van der Waals surface area (Å²) in [5.41, 5.74) is 6.37. The van der Waals surface area contributed by atoms with Crippen LogP contribution in [0.2, 0.25) is 0 Å². The summed E-state index contributed by atoms with van der Waals surface area (Å²) in [4.78, 5) is 26.7. The highest BCUT2D eigenvalue weighted by Crippen LogP contribution is 2.44. The van der Waals surface area contributed by atoms with Gasteiger partial charge in [0.2, 0.25) is 11.6 Å². The standard InChI is InChI=1S/C36H32FN7O4/c1-38-28-10-8-24(16-27(28)37)34-33(23-9-11-31(48-2)30(45)17-23)35-39-13-14-43(35)36(41-34)44-20-25-15-26(44)18-29(25)40-19-22-5-3-21(4-6-22)7-12-32(46)42-47/h3-14,16-17,25-26,29,40,45,47H,15,18-20H2,2H3,(H,42,46)/b12-7+. The molecule has 12 heteroatoms. The number of rotatable bonds is 9. The van der Waals surface area contributed by atoms with Crippen LogP contribution in [0, 0.1) is 18.3 Å². The molecule has 0 spiro atoms. The van der Waals surface area contributed by atoms with Crippen molar-refractivity contribution in [3.05, 3.63) is 107 Å². The Balaban J connectivity index is 1.17. The summed E-state index contributed by atoms with van der Waals surface area (Å²) in [6.07, 6.45) is 8.41. The number of amides is 1. The zero-order valence-electron chi connectivity index (χ0n) is 26.0. The van der Waals surface area contributed by atoms with Crippen LogP contribution in [-0.4, -0.2) is 56.3 Å². The predicted molar refractivity (Wildman–Crippen MR) is 178 cm³/mol. The number of carbonyl (C=O) groups excluding carboxylic acids is 1. The Morgan fingerprint density at radius 1 is 1.15 bits per heavy atom. The fraction of sp³-hybridized carbons (Fsp3) is 0.222. The second kappa shape index (κ2) is 12.8. The molecule has 3 aromatic carbocycles. The lowest BCUT2D eigenvalue weighted by atomic mass is 9.99. The molecule has 3 atom stereocenters. The van der Waals surface area contributed by atoms with Gasteiger partial charge in [-0.15, -0.1) is 0 Å². The fourth-order valence-corrected chi connectivity index (χ4v) is 6.89. The molecule has 48 heavy (non-hydrogen) atoms. The second-order valence-corrected chi connectivity index (χ2v) is 12.0. The average molecular weight is 646 g/mol. The lowest BCUT2D eigenvalue weighted by molar-refractivity contribution is -0.124. The van der Waals surface area contributed by atoms with Gasteiger partial charge in [-0.2, -0.15) is 0 Å². The quantitative estimate of drug-likeness (QED) is 0.0692. The van der Waals surface area contributed by atoms with E-state index in [-0.39, 0.29) is 17.5 Å². The molecule has 3 unspecified atom stereocenters. The van der Waals surface area contributed by atoms with Crippen molar-refractivity contribution in [1.82, 2.24) is 25.2 Å². The Hall–Kier alpha value is -5.77. The van der Waals surface area contributed by atoms with E-state index in [0.717, 1.165) is 30.5 Å². The number of fused-ring (bicyclic) bond motifs is 3. The minimum absolute atomic E-state index is 0.0421. The van der Waals surface area contributed by atoms with Gasteiger partial charge in [-0.25, -0.2) is 24.7 Å². The number of anilines is 1. The van der Waals surface area contributed by atoms with Crippen LogP contribution in [0.15, 0.2) is 79.1 Å². The molecular weight excluding hydrogens is 613 g/mol. The van der Waals surface area contributed by atoms with Gasteiger partial charge in [0.05, 0.1) is 24.9 Å². The first kappa shape index (κ1) is 30.9. The summed E-state index contributed by atoms with van der Waals surface area (Å²) < 4.78 is 22.2. The van der Waals surface area contributed by atoms with Gasteiger partial charge in [0.15, 0.2) is 11.5 Å². The summed E-state index contributed by atoms with van der Waals surface area (Å²) in [5.74, 6) is 0.173. The third-order valence-electron chi connectivity index (χ3n) is 9.22. The number of phenols is 1. The molecular formula is C36H32FN7O4. The summed E-state index contributed by atoms with van der Waals surface area (Å²) in [6, 6.07) is 18.0. The van der Waals surface area contributed by atoms with E-state index in [1.807, 2.05) is 40.9 Å². The molecule has 2 aromatic heterocycles. The number of nitrogens with one attached hydrogen (secondary N) is 2. The van der Waals surface area contributed by atoms with E-state index in [1.165, 1.54) is 25.3 Å². The lowest BCUT2D eigenvalue weighted by Gasteiger charge is -2.33. The molecule has 242 valence electrons. The van der Waals surface area contributed by atoms with E-state index >= 15 is 0 Å². The van der Waals surface area contributed by atoms with Crippen LogP contribution in [-0.2, 0) is 11.3 Å². The number of piperidine rings is 1. The average Bonchev–Trinajstić information content (AvgIpc) is 3.86. The molecule has 1 amide bonds. The van der Waals surface area contributed by atoms with Crippen molar-refractivity contribution < 1.29 is 24.2 Å². The highest BCUT2D eigenvalue weighted by molar-refractivity contribution is 5.92. The predicted octanol–water partition coefficient (Wildman–Crippen LogP) is 5.74. The van der Waals surface area contributed by atoms with Crippen LogP contribution < -0.4 is 20.4 Å². The minimum atomic E-state index is -0.632. The van der Waals surface area contributed by atoms with Gasteiger partial charge in [0.25, 0.3) is 5.91 Å². The molecule has 2 bridgehead atoms. The SMILES string of the molecule is [C-]#[N+]c1ccc(-c2nc(N3CC4CC3CC4NCc3ccc(/C=C/C(=O)NO)cc3)n3ccnc3c2-c2ccc(OC)c(O)c2)cc1F. The first-order valence-corrected chi connectivity index (χ1v) is 15.5. The van der Waals surface area contributed by atoms with Gasteiger partial charge in [-0.3, -0.25) is 14.4 Å². The van der Waals surface area contributed by atoms with Gasteiger partial charge in [0, 0.05) is 49.2 Å². The number of nitrogens with zero attached hydrogens (tertiary/aromatic N) is 5. The van der Waals surface area contributed by atoms with Crippen LogP contribution in [0.25, 0.3) is 39.0 Å². The molecule has 0 radical (unpaired) electrons. The molecule has 1 aliphatic carbocycles. The number of imidazole rings is 1. The molecule has 2 aliphatic rings. The maximum absolute atomic E-state index is 15.0. The number of hydrogen-bond acceptors (Lipinski definition) is 8. The number of phenolic OH excluding ortho intramolecular Hbond substituents is 1. The van der Waals surface area contributed by atoms with Crippen LogP contribution in [0.5, 0.6) is 11.5 Å². The van der Waals surface area contributed by atoms with Crippen LogP contribution >= 0.6 is 0 Å². The first-order chi connectivity index (χ1) is 23.4. The van der Waals surface area contributed by atoms with Gasteiger partial charge < -0.3 is 20.1 Å².